The van der Waals surface area contributed by atoms with E-state index >= 15 is 0 Å². The summed E-state index contributed by atoms with van der Waals surface area (Å²) >= 11 is 12.0. The number of hydrogen-bond donors (Lipinski definition) is 2. The first-order valence-corrected chi connectivity index (χ1v) is 6.14. The van der Waals surface area contributed by atoms with E-state index in [4.69, 9.17) is 23.2 Å². The second kappa shape index (κ2) is 4.92. The maximum Gasteiger partial charge on any atom is 0.0843 e. The fourth-order valence-corrected chi connectivity index (χ4v) is 2.36. The SMILES string of the molecule is OC(Cc1c(Cl)cccc1Cl)C(O)C1CC1. The Labute approximate surface area is 105 Å². The Bertz CT molecular complexity index is 357. The van der Waals surface area contributed by atoms with Gasteiger partial charge in [-0.1, -0.05) is 29.3 Å². The highest BCUT2D eigenvalue weighted by Crippen LogP contribution is 2.35. The highest BCUT2D eigenvalue weighted by Gasteiger charge is 2.34. The second-order valence-electron chi connectivity index (χ2n) is 4.30. The van der Waals surface area contributed by atoms with Gasteiger partial charge in [0.2, 0.25) is 0 Å². The number of aliphatic hydroxyl groups excluding tert-OH is 2. The molecule has 1 aliphatic carbocycles. The molecule has 1 fully saturated rings. The van der Waals surface area contributed by atoms with E-state index in [1.165, 1.54) is 0 Å². The minimum Gasteiger partial charge on any atom is -0.390 e. The summed E-state index contributed by atoms with van der Waals surface area (Å²) in [6, 6.07) is 5.23. The van der Waals surface area contributed by atoms with Gasteiger partial charge in [-0.25, -0.2) is 0 Å². The van der Waals surface area contributed by atoms with Crippen LogP contribution in [0.1, 0.15) is 18.4 Å². The Hall–Kier alpha value is -0.280. The van der Waals surface area contributed by atoms with Crippen molar-refractivity contribution in [2.75, 3.05) is 0 Å². The molecule has 0 aliphatic heterocycles. The van der Waals surface area contributed by atoms with Crippen molar-refractivity contribution in [1.29, 1.82) is 0 Å². The maximum absolute atomic E-state index is 9.86. The third-order valence-electron chi connectivity index (χ3n) is 2.97. The van der Waals surface area contributed by atoms with Crippen LogP contribution in [-0.4, -0.2) is 22.4 Å². The van der Waals surface area contributed by atoms with Gasteiger partial charge in [-0.2, -0.15) is 0 Å². The van der Waals surface area contributed by atoms with Gasteiger partial charge in [0.25, 0.3) is 0 Å². The van der Waals surface area contributed by atoms with Gasteiger partial charge in [0.05, 0.1) is 12.2 Å². The zero-order valence-electron chi connectivity index (χ0n) is 8.74. The predicted octanol–water partition coefficient (Wildman–Crippen LogP) is 2.67. The van der Waals surface area contributed by atoms with Crippen LogP contribution < -0.4 is 0 Å². The molecule has 2 N–H and O–H groups in total. The first-order chi connectivity index (χ1) is 7.59. The van der Waals surface area contributed by atoms with Crippen molar-refractivity contribution in [2.45, 2.75) is 31.5 Å². The zero-order chi connectivity index (χ0) is 11.7. The van der Waals surface area contributed by atoms with Crippen molar-refractivity contribution in [3.8, 4) is 0 Å². The topological polar surface area (TPSA) is 40.5 Å². The summed E-state index contributed by atoms with van der Waals surface area (Å²) in [6.45, 7) is 0. The van der Waals surface area contributed by atoms with E-state index in [-0.39, 0.29) is 5.92 Å². The summed E-state index contributed by atoms with van der Waals surface area (Å²) in [5.41, 5.74) is 0.707. The van der Waals surface area contributed by atoms with E-state index in [0.717, 1.165) is 12.8 Å². The lowest BCUT2D eigenvalue weighted by atomic mass is 10.0. The Morgan fingerprint density at radius 2 is 1.75 bits per heavy atom. The molecule has 0 heterocycles. The van der Waals surface area contributed by atoms with Gasteiger partial charge >= 0.3 is 0 Å². The Kier molecular flexibility index (Phi) is 3.75. The molecule has 1 aliphatic rings. The van der Waals surface area contributed by atoms with Crippen LogP contribution in [0.4, 0.5) is 0 Å². The maximum atomic E-state index is 9.86. The van der Waals surface area contributed by atoms with Crippen molar-refractivity contribution in [1.82, 2.24) is 0 Å². The molecule has 2 atom stereocenters. The van der Waals surface area contributed by atoms with E-state index in [1.54, 1.807) is 18.2 Å². The fraction of sp³-hybridized carbons (Fsp3) is 0.500. The molecule has 0 radical (unpaired) electrons. The van der Waals surface area contributed by atoms with Crippen LogP contribution in [0.3, 0.4) is 0 Å². The minimum atomic E-state index is -0.787. The average molecular weight is 261 g/mol. The number of aliphatic hydroxyl groups is 2. The molecular weight excluding hydrogens is 247 g/mol. The van der Waals surface area contributed by atoms with Gasteiger partial charge in [0.1, 0.15) is 0 Å². The second-order valence-corrected chi connectivity index (χ2v) is 5.11. The Morgan fingerprint density at radius 1 is 1.19 bits per heavy atom. The fourth-order valence-electron chi connectivity index (χ4n) is 1.81. The molecule has 0 aromatic heterocycles. The van der Waals surface area contributed by atoms with Crippen molar-refractivity contribution in [3.63, 3.8) is 0 Å². The van der Waals surface area contributed by atoms with Crippen molar-refractivity contribution in [3.05, 3.63) is 33.8 Å². The van der Waals surface area contributed by atoms with Gasteiger partial charge < -0.3 is 10.2 Å². The molecule has 0 amide bonds. The van der Waals surface area contributed by atoms with Crippen LogP contribution in [0.25, 0.3) is 0 Å². The van der Waals surface area contributed by atoms with Crippen molar-refractivity contribution < 1.29 is 10.2 Å². The predicted molar refractivity (Wildman–Crippen MR) is 64.9 cm³/mol. The van der Waals surface area contributed by atoms with E-state index in [9.17, 15) is 10.2 Å². The molecule has 4 heteroatoms. The van der Waals surface area contributed by atoms with Gasteiger partial charge in [-0.15, -0.1) is 0 Å². The van der Waals surface area contributed by atoms with E-state index in [0.29, 0.717) is 22.0 Å². The molecule has 2 nitrogen and oxygen atoms in total. The quantitative estimate of drug-likeness (QED) is 0.874. The number of rotatable bonds is 4. The highest BCUT2D eigenvalue weighted by atomic mass is 35.5. The average Bonchev–Trinajstić information content (AvgIpc) is 3.06. The smallest absolute Gasteiger partial charge is 0.0843 e. The molecule has 2 unspecified atom stereocenters. The Morgan fingerprint density at radius 3 is 2.25 bits per heavy atom. The molecule has 0 saturated heterocycles. The molecule has 1 saturated carbocycles. The Balaban J connectivity index is 2.07. The molecule has 0 bridgehead atoms. The summed E-state index contributed by atoms with van der Waals surface area (Å²) < 4.78 is 0. The van der Waals surface area contributed by atoms with Gasteiger partial charge in [-0.05, 0) is 36.5 Å². The third kappa shape index (κ3) is 2.69. The first kappa shape index (κ1) is 12.2. The number of hydrogen-bond acceptors (Lipinski definition) is 2. The monoisotopic (exact) mass is 260 g/mol. The third-order valence-corrected chi connectivity index (χ3v) is 3.68. The van der Waals surface area contributed by atoms with Gasteiger partial charge in [0, 0.05) is 16.5 Å². The summed E-state index contributed by atoms with van der Waals surface area (Å²) in [7, 11) is 0. The summed E-state index contributed by atoms with van der Waals surface area (Å²) in [5.74, 6) is 0.247. The van der Waals surface area contributed by atoms with Crippen LogP contribution in [0, 0.1) is 5.92 Å². The molecule has 1 aromatic carbocycles. The van der Waals surface area contributed by atoms with E-state index in [1.807, 2.05) is 0 Å². The lowest BCUT2D eigenvalue weighted by Crippen LogP contribution is -2.29. The zero-order valence-corrected chi connectivity index (χ0v) is 10.2. The lowest BCUT2D eigenvalue weighted by Gasteiger charge is -2.18. The highest BCUT2D eigenvalue weighted by molar-refractivity contribution is 6.35. The van der Waals surface area contributed by atoms with E-state index in [2.05, 4.69) is 0 Å². The van der Waals surface area contributed by atoms with Crippen LogP contribution in [0.5, 0.6) is 0 Å². The summed E-state index contributed by atoms with van der Waals surface area (Å²) in [6.07, 6.45) is 0.844. The largest absolute Gasteiger partial charge is 0.390 e. The standard InChI is InChI=1S/C12H14Cl2O2/c13-9-2-1-3-10(14)8(9)6-11(15)12(16)7-4-5-7/h1-3,7,11-12,15-16H,4-6H2. The minimum absolute atomic E-state index is 0.247. The summed E-state index contributed by atoms with van der Waals surface area (Å²) in [4.78, 5) is 0. The number of halogens is 2. The first-order valence-electron chi connectivity index (χ1n) is 5.38. The van der Waals surface area contributed by atoms with E-state index < -0.39 is 12.2 Å². The van der Waals surface area contributed by atoms with Crippen LogP contribution in [0.15, 0.2) is 18.2 Å². The van der Waals surface area contributed by atoms with Gasteiger partial charge in [0.15, 0.2) is 0 Å². The molecular formula is C12H14Cl2O2. The van der Waals surface area contributed by atoms with Crippen LogP contribution in [-0.2, 0) is 6.42 Å². The van der Waals surface area contributed by atoms with Gasteiger partial charge in [-0.3, -0.25) is 0 Å². The number of benzene rings is 1. The van der Waals surface area contributed by atoms with Crippen molar-refractivity contribution in [2.24, 2.45) is 5.92 Å². The van der Waals surface area contributed by atoms with Crippen LogP contribution in [0.2, 0.25) is 10.0 Å². The molecule has 2 rings (SSSR count). The lowest BCUT2D eigenvalue weighted by molar-refractivity contribution is 0.00676. The van der Waals surface area contributed by atoms with Crippen LogP contribution >= 0.6 is 23.2 Å². The molecule has 1 aromatic rings. The van der Waals surface area contributed by atoms with Crippen molar-refractivity contribution >= 4 is 23.2 Å². The molecule has 0 spiro atoms. The molecule has 16 heavy (non-hydrogen) atoms. The normalized spacial score (nSPS) is 19.5. The summed E-state index contributed by atoms with van der Waals surface area (Å²) in [5, 5.41) is 20.7. The molecule has 88 valence electrons.